The number of nitrogens with two attached hydrogens (primary N) is 4. The first-order valence-electron chi connectivity index (χ1n) is 8.91. The Labute approximate surface area is 153 Å². The van der Waals surface area contributed by atoms with Crippen LogP contribution in [0.3, 0.4) is 0 Å². The van der Waals surface area contributed by atoms with E-state index in [-0.39, 0.29) is 12.1 Å². The van der Waals surface area contributed by atoms with Crippen molar-refractivity contribution in [2.45, 2.75) is 51.6 Å². The van der Waals surface area contributed by atoms with Gasteiger partial charge < -0.3 is 22.6 Å². The number of anilines is 1. The second-order valence-electron chi connectivity index (χ2n) is 7.04. The van der Waals surface area contributed by atoms with Crippen molar-refractivity contribution in [3.8, 4) is 0 Å². The first-order chi connectivity index (χ1) is 12.4. The number of nitrogen functional groups attached to an aromatic ring is 1. The third-order valence-electron chi connectivity index (χ3n) is 4.99. The van der Waals surface area contributed by atoms with Crippen LogP contribution in [0.4, 0.5) is 5.95 Å². The smallest absolute Gasteiger partial charge is 0.207 e. The molecule has 0 radical (unpaired) electrons. The molecule has 0 bridgehead atoms. The Morgan fingerprint density at radius 2 is 2.04 bits per heavy atom. The zero-order valence-corrected chi connectivity index (χ0v) is 15.4. The molecule has 0 aliphatic heterocycles. The van der Waals surface area contributed by atoms with Crippen LogP contribution in [0, 0.1) is 13.8 Å². The lowest BCUT2D eigenvalue weighted by atomic mass is 9.92. The molecule has 8 nitrogen and oxygen atoms in total. The molecule has 1 aliphatic rings. The van der Waals surface area contributed by atoms with Crippen molar-refractivity contribution >= 4 is 28.6 Å². The Bertz CT molecular complexity index is 864. The number of benzene rings is 1. The lowest BCUT2D eigenvalue weighted by Gasteiger charge is -2.23. The van der Waals surface area contributed by atoms with E-state index in [9.17, 15) is 0 Å². The van der Waals surface area contributed by atoms with Crippen molar-refractivity contribution in [3.63, 3.8) is 0 Å². The first-order valence-corrected chi connectivity index (χ1v) is 8.91. The highest BCUT2D eigenvalue weighted by Crippen LogP contribution is 2.24. The Morgan fingerprint density at radius 3 is 2.73 bits per heavy atom. The number of hydrogen-bond acceptors (Lipinski definition) is 6. The molecule has 1 aliphatic carbocycles. The van der Waals surface area contributed by atoms with Gasteiger partial charge in [0.1, 0.15) is 11.7 Å². The van der Waals surface area contributed by atoms with Crippen molar-refractivity contribution in [2.24, 2.45) is 22.3 Å². The molecule has 0 saturated heterocycles. The molecule has 1 saturated carbocycles. The summed E-state index contributed by atoms with van der Waals surface area (Å²) in [4.78, 5) is 9.02. The van der Waals surface area contributed by atoms with Crippen molar-refractivity contribution in [1.29, 1.82) is 0 Å². The monoisotopic (exact) mass is 356 g/mol. The second kappa shape index (κ2) is 7.35. The van der Waals surface area contributed by atoms with Gasteiger partial charge in [-0.2, -0.15) is 0 Å². The molecule has 0 spiro atoms. The molecule has 3 rings (SSSR count). The molecular weight excluding hydrogens is 328 g/mol. The van der Waals surface area contributed by atoms with E-state index in [1.54, 1.807) is 10.6 Å². The van der Waals surface area contributed by atoms with Gasteiger partial charge in [0, 0.05) is 12.1 Å². The maximum Gasteiger partial charge on any atom is 0.207 e. The van der Waals surface area contributed by atoms with E-state index >= 15 is 0 Å². The van der Waals surface area contributed by atoms with Crippen LogP contribution in [0.25, 0.3) is 16.9 Å². The first kappa shape index (κ1) is 18.2. The Hall–Kier alpha value is -2.58. The zero-order valence-electron chi connectivity index (χ0n) is 15.4. The number of rotatable bonds is 4. The summed E-state index contributed by atoms with van der Waals surface area (Å²) in [5.41, 5.74) is 24.9. The van der Waals surface area contributed by atoms with Crippen LogP contribution in [-0.4, -0.2) is 27.5 Å². The van der Waals surface area contributed by atoms with Gasteiger partial charge in [0.25, 0.3) is 0 Å². The molecule has 2 aromatic rings. The number of hydrazine groups is 1. The Morgan fingerprint density at radius 1 is 1.31 bits per heavy atom. The average Bonchev–Trinajstić information content (AvgIpc) is 2.88. The number of nitrogens with one attached hydrogen (secondary N) is 1. The van der Waals surface area contributed by atoms with Gasteiger partial charge in [0.2, 0.25) is 5.95 Å². The third-order valence-corrected chi connectivity index (χ3v) is 4.99. The molecule has 1 aromatic carbocycles. The number of imidazole rings is 1. The SMILES string of the molecule is Cc1cc2nc(N)n(/C(=C/C(N)=NC3CCCC(N)C3)NN)c2cc1C. The van der Waals surface area contributed by atoms with Crippen LogP contribution in [0.2, 0.25) is 0 Å². The van der Waals surface area contributed by atoms with E-state index in [2.05, 4.69) is 15.4 Å². The van der Waals surface area contributed by atoms with Gasteiger partial charge in [-0.3, -0.25) is 9.56 Å². The predicted molar refractivity (Wildman–Crippen MR) is 107 cm³/mol. The van der Waals surface area contributed by atoms with E-state index in [4.69, 9.17) is 23.0 Å². The van der Waals surface area contributed by atoms with Crippen LogP contribution in [0.15, 0.2) is 23.2 Å². The van der Waals surface area contributed by atoms with E-state index in [0.717, 1.165) is 47.8 Å². The Kier molecular flexibility index (Phi) is 5.15. The number of aliphatic imine (C=N–C) groups is 1. The summed E-state index contributed by atoms with van der Waals surface area (Å²) in [6, 6.07) is 4.38. The quantitative estimate of drug-likeness (QED) is 0.240. The van der Waals surface area contributed by atoms with Gasteiger partial charge in [-0.15, -0.1) is 0 Å². The maximum absolute atomic E-state index is 6.14. The summed E-state index contributed by atoms with van der Waals surface area (Å²) >= 11 is 0. The second-order valence-corrected chi connectivity index (χ2v) is 7.04. The molecule has 1 heterocycles. The van der Waals surface area contributed by atoms with Crippen molar-refractivity contribution in [3.05, 3.63) is 29.3 Å². The summed E-state index contributed by atoms with van der Waals surface area (Å²) in [6.45, 7) is 4.09. The summed E-state index contributed by atoms with van der Waals surface area (Å²) in [5, 5.41) is 0. The van der Waals surface area contributed by atoms with Crippen molar-refractivity contribution in [2.75, 3.05) is 5.73 Å². The molecule has 2 atom stereocenters. The minimum Gasteiger partial charge on any atom is -0.384 e. The predicted octanol–water partition coefficient (Wildman–Crippen LogP) is 1.12. The average molecular weight is 356 g/mol. The molecule has 140 valence electrons. The van der Waals surface area contributed by atoms with Crippen LogP contribution >= 0.6 is 0 Å². The lowest BCUT2D eigenvalue weighted by Crippen LogP contribution is -2.31. The number of hydrogen-bond donors (Lipinski definition) is 5. The minimum absolute atomic E-state index is 0.149. The largest absolute Gasteiger partial charge is 0.384 e. The van der Waals surface area contributed by atoms with Crippen LogP contribution in [-0.2, 0) is 0 Å². The third kappa shape index (κ3) is 3.66. The Balaban J connectivity index is 1.98. The number of fused-ring (bicyclic) bond motifs is 1. The molecular formula is C18H28N8. The highest BCUT2D eigenvalue weighted by atomic mass is 15.3. The van der Waals surface area contributed by atoms with Gasteiger partial charge in [0.15, 0.2) is 0 Å². The van der Waals surface area contributed by atoms with Crippen molar-refractivity contribution in [1.82, 2.24) is 15.0 Å². The number of amidine groups is 1. The number of nitrogens with zero attached hydrogens (tertiary/aromatic N) is 3. The summed E-state index contributed by atoms with van der Waals surface area (Å²) in [6.07, 6.45) is 5.67. The highest BCUT2D eigenvalue weighted by Gasteiger charge is 2.19. The number of aryl methyl sites for hydroxylation is 2. The summed E-state index contributed by atoms with van der Waals surface area (Å²) < 4.78 is 1.75. The maximum atomic E-state index is 6.14. The highest BCUT2D eigenvalue weighted by molar-refractivity contribution is 5.97. The summed E-state index contributed by atoms with van der Waals surface area (Å²) in [5.74, 6) is 6.99. The van der Waals surface area contributed by atoms with Crippen LogP contribution in [0.5, 0.6) is 0 Å². The summed E-state index contributed by atoms with van der Waals surface area (Å²) in [7, 11) is 0. The molecule has 8 heteroatoms. The van der Waals surface area contributed by atoms with E-state index in [1.807, 2.05) is 26.0 Å². The van der Waals surface area contributed by atoms with E-state index < -0.39 is 0 Å². The normalized spacial score (nSPS) is 22.0. The van der Waals surface area contributed by atoms with E-state index in [1.165, 1.54) is 0 Å². The van der Waals surface area contributed by atoms with Gasteiger partial charge >= 0.3 is 0 Å². The standard InChI is InChI=1S/C18H28N8/c1-10-6-14-15(7-11(10)2)26(18(21)24-14)17(25-22)9-16(20)23-13-5-3-4-12(19)8-13/h6-7,9,12-13,25H,3-5,8,19,22H2,1-2H3,(H2,20,23)(H2,21,24)/b17-9+. The minimum atomic E-state index is 0.149. The molecule has 2 unspecified atom stereocenters. The van der Waals surface area contributed by atoms with E-state index in [0.29, 0.717) is 17.6 Å². The van der Waals surface area contributed by atoms with Crippen LogP contribution < -0.4 is 28.5 Å². The van der Waals surface area contributed by atoms with Gasteiger partial charge in [0.05, 0.1) is 17.1 Å². The molecule has 1 fully saturated rings. The molecule has 26 heavy (non-hydrogen) atoms. The molecule has 0 amide bonds. The van der Waals surface area contributed by atoms with Crippen LogP contribution in [0.1, 0.15) is 36.8 Å². The van der Waals surface area contributed by atoms with Gasteiger partial charge in [-0.25, -0.2) is 10.8 Å². The fourth-order valence-electron chi connectivity index (χ4n) is 3.48. The number of aromatic nitrogens is 2. The molecule has 1 aromatic heterocycles. The zero-order chi connectivity index (χ0) is 18.8. The van der Waals surface area contributed by atoms with Gasteiger partial charge in [-0.05, 0) is 62.8 Å². The lowest BCUT2D eigenvalue weighted by molar-refractivity contribution is 0.394. The molecule has 9 N–H and O–H groups in total. The fraction of sp³-hybridized carbons (Fsp3) is 0.444. The van der Waals surface area contributed by atoms with Gasteiger partial charge in [-0.1, -0.05) is 0 Å². The topological polar surface area (TPSA) is 146 Å². The van der Waals surface area contributed by atoms with Crippen molar-refractivity contribution < 1.29 is 0 Å². The fourth-order valence-corrected chi connectivity index (χ4v) is 3.48.